The highest BCUT2D eigenvalue weighted by Gasteiger charge is 2.72. The highest BCUT2D eigenvalue weighted by atomic mass is 28.5. The van der Waals surface area contributed by atoms with Crippen LogP contribution in [0.3, 0.4) is 0 Å². The van der Waals surface area contributed by atoms with Crippen molar-refractivity contribution in [2.24, 2.45) is 4.78 Å². The summed E-state index contributed by atoms with van der Waals surface area (Å²) in [7, 11) is -9.17. The summed E-state index contributed by atoms with van der Waals surface area (Å²) in [5.74, 6) is 0. The highest BCUT2D eigenvalue weighted by molar-refractivity contribution is 7.28. The number of hydrogen-bond acceptors (Lipinski definition) is 1. The first-order valence-corrected chi connectivity index (χ1v) is 20.2. The van der Waals surface area contributed by atoms with Crippen LogP contribution >= 0.6 is 0 Å². The van der Waals surface area contributed by atoms with E-state index in [4.69, 9.17) is 0 Å². The predicted octanol–water partition coefficient (Wildman–Crippen LogP) is 6.49. The maximum atomic E-state index is 16.0. The van der Waals surface area contributed by atoms with Gasteiger partial charge in [0.15, 0.2) is 8.24 Å². The summed E-state index contributed by atoms with van der Waals surface area (Å²) in [6, 6.07) is 1.73. The van der Waals surface area contributed by atoms with E-state index in [2.05, 4.69) is 62.8 Å². The second kappa shape index (κ2) is 6.31. The maximum Gasteiger partial charge on any atom is 0.239 e. The molecule has 0 heterocycles. The molecule has 0 saturated heterocycles. The average molecular weight is 364 g/mol. The molecule has 0 N–H and O–H groups in total. The van der Waals surface area contributed by atoms with Crippen LogP contribution in [0.2, 0.25) is 68.4 Å². The van der Waals surface area contributed by atoms with E-state index in [1.807, 2.05) is 13.1 Å². The molecule has 0 radical (unpaired) electrons. The van der Waals surface area contributed by atoms with Crippen LogP contribution in [-0.2, 0) is 0 Å². The Morgan fingerprint density at radius 2 is 1.24 bits per heavy atom. The summed E-state index contributed by atoms with van der Waals surface area (Å²) in [4.78, 5) is 3.24. The zero-order chi connectivity index (χ0) is 17.3. The van der Waals surface area contributed by atoms with Gasteiger partial charge in [0.2, 0.25) is 8.41 Å². The van der Waals surface area contributed by atoms with Crippen molar-refractivity contribution in [3.8, 4) is 0 Å². The smallest absolute Gasteiger partial charge is 0.239 e. The van der Waals surface area contributed by atoms with Crippen molar-refractivity contribution in [2.75, 3.05) is 0 Å². The van der Waals surface area contributed by atoms with E-state index in [1.54, 1.807) is 0 Å². The van der Waals surface area contributed by atoms with Gasteiger partial charge in [-0.1, -0.05) is 65.2 Å². The maximum absolute atomic E-state index is 16.0. The van der Waals surface area contributed by atoms with Crippen molar-refractivity contribution < 1.29 is 4.11 Å². The molecular weight excluding hydrogens is 330 g/mol. The van der Waals surface area contributed by atoms with E-state index in [0.717, 1.165) is 12.1 Å². The van der Waals surface area contributed by atoms with Gasteiger partial charge in [0.1, 0.15) is 0 Å². The molecule has 0 aromatic rings. The molecule has 0 rings (SSSR count). The van der Waals surface area contributed by atoms with Crippen LogP contribution < -0.4 is 0 Å². The minimum Gasteiger partial charge on any atom is -0.315 e. The number of rotatable bonds is 7. The Hall–Kier alpha value is 0.108. The first-order chi connectivity index (χ1) is 9.18. The van der Waals surface area contributed by atoms with Crippen LogP contribution in [0.25, 0.3) is 10.4 Å². The number of halogens is 1. The molecule has 0 aromatic carbocycles. The topological polar surface area (TPSA) is 48.8 Å². The van der Waals surface area contributed by atoms with Gasteiger partial charge in [-0.2, -0.15) is 0 Å². The Bertz CT molecular complexity index is 375. The van der Waals surface area contributed by atoms with E-state index in [0.29, 0.717) is 0 Å². The van der Waals surface area contributed by atoms with Crippen LogP contribution in [0.4, 0.5) is 4.11 Å². The summed E-state index contributed by atoms with van der Waals surface area (Å²) >= 11 is 0. The summed E-state index contributed by atoms with van der Waals surface area (Å²) in [5, 5.41) is 0. The summed E-state index contributed by atoms with van der Waals surface area (Å²) in [5.41, 5.74) is 9.24. The molecule has 0 amide bonds. The molecule has 0 saturated carbocycles. The summed E-state index contributed by atoms with van der Waals surface area (Å²) in [6.45, 7) is 21.8. The van der Waals surface area contributed by atoms with E-state index < -0.39 is 32.8 Å². The van der Waals surface area contributed by atoms with Crippen LogP contribution in [0.1, 0.15) is 13.8 Å². The molecule has 0 unspecified atom stereocenters. The van der Waals surface area contributed by atoms with Gasteiger partial charge in [-0.15, -0.1) is 4.78 Å². The average Bonchev–Trinajstić information content (AvgIpc) is 2.22. The van der Waals surface area contributed by atoms with Gasteiger partial charge >= 0.3 is 0 Å². The quantitative estimate of drug-likeness (QED) is 0.163. The SMILES string of the molecule is CC[Si](CC)(N=[N+]=[N-])C([Si](C)(C)C)([Si](C)(C)C)[Si](C)(C)F. The molecular formula is C13H34FN3Si4. The monoisotopic (exact) mass is 363 g/mol. The zero-order valence-corrected chi connectivity index (χ0v) is 19.6. The third kappa shape index (κ3) is 3.10. The molecule has 3 nitrogen and oxygen atoms in total. The zero-order valence-electron chi connectivity index (χ0n) is 15.6. The van der Waals surface area contributed by atoms with Crippen molar-refractivity contribution in [1.82, 2.24) is 0 Å². The van der Waals surface area contributed by atoms with E-state index in [1.165, 1.54) is 0 Å². The molecule has 0 fully saturated rings. The van der Waals surface area contributed by atoms with E-state index in [-0.39, 0.29) is 3.91 Å². The van der Waals surface area contributed by atoms with Gasteiger partial charge in [-0.3, -0.25) is 0 Å². The first kappa shape index (κ1) is 21.1. The highest BCUT2D eigenvalue weighted by Crippen LogP contribution is 2.62. The Labute approximate surface area is 134 Å². The lowest BCUT2D eigenvalue weighted by atomic mass is 10.9. The fraction of sp³-hybridized carbons (Fsp3) is 1.00. The molecule has 0 aliphatic carbocycles. The van der Waals surface area contributed by atoms with Crippen molar-refractivity contribution >= 4 is 32.8 Å². The number of hydrogen-bond donors (Lipinski definition) is 0. The Morgan fingerprint density at radius 1 is 0.905 bits per heavy atom. The summed E-state index contributed by atoms with van der Waals surface area (Å²) < 4.78 is 20.1. The second-order valence-corrected chi connectivity index (χ2v) is 30.3. The normalized spacial score (nSPS) is 14.8. The molecule has 0 aliphatic heterocycles. The molecule has 124 valence electrons. The lowest BCUT2D eigenvalue weighted by molar-refractivity contribution is 0.769. The van der Waals surface area contributed by atoms with Crippen molar-refractivity contribution in [2.45, 2.75) is 82.2 Å². The predicted molar refractivity (Wildman–Crippen MR) is 104 cm³/mol. The van der Waals surface area contributed by atoms with Gasteiger partial charge < -0.3 is 4.11 Å². The van der Waals surface area contributed by atoms with Crippen LogP contribution in [0.5, 0.6) is 0 Å². The van der Waals surface area contributed by atoms with Crippen LogP contribution in [0, 0.1) is 0 Å². The third-order valence-corrected chi connectivity index (χ3v) is 38.8. The molecule has 0 bridgehead atoms. The lowest BCUT2D eigenvalue weighted by Gasteiger charge is -2.63. The van der Waals surface area contributed by atoms with Gasteiger partial charge in [0, 0.05) is 16.1 Å². The fourth-order valence-corrected chi connectivity index (χ4v) is 50.6. The van der Waals surface area contributed by atoms with Gasteiger partial charge in [-0.25, -0.2) is 0 Å². The number of nitrogens with zero attached hydrogens (tertiary/aromatic N) is 3. The van der Waals surface area contributed by atoms with Crippen molar-refractivity contribution in [1.29, 1.82) is 0 Å². The molecule has 8 heteroatoms. The Balaban J connectivity index is 7.04. The van der Waals surface area contributed by atoms with Gasteiger partial charge in [0.05, 0.1) is 0 Å². The largest absolute Gasteiger partial charge is 0.315 e. The minimum absolute atomic E-state index is 0.254. The van der Waals surface area contributed by atoms with Crippen molar-refractivity contribution in [3.63, 3.8) is 0 Å². The molecule has 0 spiro atoms. The van der Waals surface area contributed by atoms with E-state index in [9.17, 15) is 5.53 Å². The van der Waals surface area contributed by atoms with Gasteiger partial charge in [-0.05, 0) is 27.4 Å². The molecule has 21 heavy (non-hydrogen) atoms. The van der Waals surface area contributed by atoms with Crippen LogP contribution in [0.15, 0.2) is 4.78 Å². The fourth-order valence-electron chi connectivity index (χ4n) is 5.94. The van der Waals surface area contributed by atoms with Crippen molar-refractivity contribution in [3.05, 3.63) is 10.4 Å². The lowest BCUT2D eigenvalue weighted by Crippen LogP contribution is -2.76. The Morgan fingerprint density at radius 3 is 1.38 bits per heavy atom. The van der Waals surface area contributed by atoms with E-state index >= 15 is 4.11 Å². The molecule has 0 aliphatic rings. The molecule has 0 aromatic heterocycles. The standard InChI is InChI=1S/C13H34FN3Si4/c1-11-21(12-2,17-16-15)13(18(3,4)5,19(6,7)8)20(9,10)14/h11-12H2,1-10H3. The van der Waals surface area contributed by atoms with Gasteiger partial charge in [0.25, 0.3) is 0 Å². The Kier molecular flexibility index (Phi) is 6.34. The molecule has 0 atom stereocenters. The minimum atomic E-state index is -3.00. The summed E-state index contributed by atoms with van der Waals surface area (Å²) in [6.07, 6.45) is 0. The van der Waals surface area contributed by atoms with Crippen LogP contribution in [-0.4, -0.2) is 32.8 Å². The second-order valence-electron chi connectivity index (χ2n) is 8.65. The third-order valence-electron chi connectivity index (χ3n) is 5.25. The first-order valence-electron chi connectivity index (χ1n) is 7.93. The number of azide groups is 1.